The third-order valence-electron chi connectivity index (χ3n) is 4.10. The number of aliphatic carboxylic acids is 1. The van der Waals surface area contributed by atoms with E-state index in [1.807, 2.05) is 6.92 Å². The Kier molecular flexibility index (Phi) is 7.43. The molecule has 0 radical (unpaired) electrons. The van der Waals surface area contributed by atoms with Crippen molar-refractivity contribution in [3.05, 3.63) is 51.9 Å². The number of hydrogen-bond donors (Lipinski definition) is 2. The fourth-order valence-corrected chi connectivity index (χ4v) is 3.63. The molecule has 0 bridgehead atoms. The van der Waals surface area contributed by atoms with Crippen LogP contribution in [0.3, 0.4) is 0 Å². The van der Waals surface area contributed by atoms with Gasteiger partial charge in [0.05, 0.1) is 26.4 Å². The van der Waals surface area contributed by atoms with Crippen molar-refractivity contribution in [1.29, 1.82) is 0 Å². The highest BCUT2D eigenvalue weighted by molar-refractivity contribution is 8.04. The SMILES string of the molecule is CCOc1c(/C=C(\Sc2n[nH]c(-c3cc(Cl)ccc3OC)n2)C(=O)O)cccc1OC. The van der Waals surface area contributed by atoms with E-state index in [2.05, 4.69) is 15.2 Å². The number of nitrogens with one attached hydrogen (secondary N) is 1. The number of carbonyl (C=O) groups is 1. The molecule has 31 heavy (non-hydrogen) atoms. The first-order chi connectivity index (χ1) is 15.0. The van der Waals surface area contributed by atoms with E-state index in [1.54, 1.807) is 36.4 Å². The van der Waals surface area contributed by atoms with E-state index in [1.165, 1.54) is 20.3 Å². The average Bonchev–Trinajstić information content (AvgIpc) is 3.22. The molecule has 8 nitrogen and oxygen atoms in total. The Morgan fingerprint density at radius 1 is 1.23 bits per heavy atom. The number of methoxy groups -OCH3 is 2. The lowest BCUT2D eigenvalue weighted by Gasteiger charge is -2.12. The minimum Gasteiger partial charge on any atom is -0.496 e. The fourth-order valence-electron chi connectivity index (χ4n) is 2.76. The van der Waals surface area contributed by atoms with E-state index in [-0.39, 0.29) is 10.1 Å². The van der Waals surface area contributed by atoms with Crippen LogP contribution in [0.2, 0.25) is 5.02 Å². The van der Waals surface area contributed by atoms with E-state index in [4.69, 9.17) is 25.8 Å². The Morgan fingerprint density at radius 2 is 2.00 bits per heavy atom. The average molecular weight is 462 g/mol. The summed E-state index contributed by atoms with van der Waals surface area (Å²) in [4.78, 5) is 16.3. The number of hydrogen-bond acceptors (Lipinski definition) is 7. The van der Waals surface area contributed by atoms with Gasteiger partial charge in [-0.15, -0.1) is 5.10 Å². The molecule has 3 aromatic rings. The molecule has 1 aromatic heterocycles. The maximum absolute atomic E-state index is 11.9. The van der Waals surface area contributed by atoms with Crippen molar-refractivity contribution in [1.82, 2.24) is 15.2 Å². The van der Waals surface area contributed by atoms with E-state index in [0.717, 1.165) is 11.8 Å². The quantitative estimate of drug-likeness (QED) is 0.347. The summed E-state index contributed by atoms with van der Waals surface area (Å²) in [6, 6.07) is 10.4. The third-order valence-corrected chi connectivity index (χ3v) is 5.21. The van der Waals surface area contributed by atoms with Gasteiger partial charge < -0.3 is 19.3 Å². The summed E-state index contributed by atoms with van der Waals surface area (Å²) >= 11 is 6.98. The molecule has 10 heteroatoms. The lowest BCUT2D eigenvalue weighted by atomic mass is 10.1. The van der Waals surface area contributed by atoms with Crippen LogP contribution < -0.4 is 14.2 Å². The van der Waals surface area contributed by atoms with Crippen LogP contribution in [0.1, 0.15) is 12.5 Å². The number of rotatable bonds is 9. The summed E-state index contributed by atoms with van der Waals surface area (Å²) in [6.45, 7) is 2.24. The van der Waals surface area contributed by atoms with Crippen LogP contribution in [0.25, 0.3) is 17.5 Å². The Bertz CT molecular complexity index is 1120. The zero-order valence-electron chi connectivity index (χ0n) is 17.0. The van der Waals surface area contributed by atoms with E-state index < -0.39 is 5.97 Å². The van der Waals surface area contributed by atoms with Crippen LogP contribution in [0, 0.1) is 0 Å². The maximum atomic E-state index is 11.9. The van der Waals surface area contributed by atoms with Crippen molar-refractivity contribution in [3.63, 3.8) is 0 Å². The van der Waals surface area contributed by atoms with Crippen molar-refractivity contribution in [2.24, 2.45) is 0 Å². The first-order valence-corrected chi connectivity index (χ1v) is 10.3. The summed E-state index contributed by atoms with van der Waals surface area (Å²) in [7, 11) is 3.06. The number of nitrogens with zero attached hydrogens (tertiary/aromatic N) is 2. The zero-order valence-corrected chi connectivity index (χ0v) is 18.6. The molecule has 0 saturated carbocycles. The Labute approximate surface area is 188 Å². The Balaban J connectivity index is 1.94. The predicted octanol–water partition coefficient (Wildman–Crippen LogP) is 4.76. The highest BCUT2D eigenvalue weighted by Gasteiger charge is 2.18. The maximum Gasteiger partial charge on any atom is 0.342 e. The number of thioether (sulfide) groups is 1. The van der Waals surface area contributed by atoms with Gasteiger partial charge in [0.25, 0.3) is 0 Å². The largest absolute Gasteiger partial charge is 0.496 e. The molecular formula is C21H20ClN3O5S. The third kappa shape index (κ3) is 5.31. The molecule has 0 fully saturated rings. The summed E-state index contributed by atoms with van der Waals surface area (Å²) in [5.74, 6) is 0.818. The van der Waals surface area contributed by atoms with Crippen molar-refractivity contribution < 1.29 is 24.1 Å². The Hall–Kier alpha value is -3.17. The second-order valence-electron chi connectivity index (χ2n) is 6.04. The van der Waals surface area contributed by atoms with Crippen LogP contribution >= 0.6 is 23.4 Å². The highest BCUT2D eigenvalue weighted by Crippen LogP contribution is 2.36. The monoisotopic (exact) mass is 461 g/mol. The normalized spacial score (nSPS) is 11.3. The number of carboxylic acid groups (broad SMARTS) is 1. The molecule has 0 unspecified atom stereocenters. The van der Waals surface area contributed by atoms with Gasteiger partial charge in [-0.1, -0.05) is 23.7 Å². The minimum atomic E-state index is -1.12. The van der Waals surface area contributed by atoms with E-state index >= 15 is 0 Å². The number of aromatic nitrogens is 3. The van der Waals surface area contributed by atoms with E-state index in [0.29, 0.717) is 45.8 Å². The molecule has 0 aliphatic heterocycles. The van der Waals surface area contributed by atoms with Gasteiger partial charge in [0.2, 0.25) is 5.16 Å². The molecule has 0 saturated heterocycles. The van der Waals surface area contributed by atoms with Gasteiger partial charge in [0.15, 0.2) is 17.3 Å². The standard InChI is InChI=1S/C21H20ClN3O5S/c1-4-30-18-12(6-5-7-16(18)29-3)10-17(20(26)27)31-21-23-19(24-25-21)14-11-13(22)8-9-15(14)28-2/h5-11H,4H2,1-3H3,(H,26,27)(H,23,24,25)/b17-10-. The number of benzene rings is 2. The molecule has 3 rings (SSSR count). The molecule has 0 atom stereocenters. The van der Waals surface area contributed by atoms with Crippen LogP contribution in [0.4, 0.5) is 0 Å². The van der Waals surface area contributed by atoms with Gasteiger partial charge in [-0.25, -0.2) is 9.78 Å². The zero-order chi connectivity index (χ0) is 22.4. The number of H-pyrrole nitrogens is 1. The first kappa shape index (κ1) is 22.5. The molecule has 2 aromatic carbocycles. The first-order valence-electron chi connectivity index (χ1n) is 9.15. The Morgan fingerprint density at radius 3 is 2.68 bits per heavy atom. The van der Waals surface area contributed by atoms with Gasteiger partial charge in [-0.05, 0) is 49.0 Å². The summed E-state index contributed by atoms with van der Waals surface area (Å²) < 4.78 is 16.3. The minimum absolute atomic E-state index is 0.0119. The number of carboxylic acids is 1. The summed E-state index contributed by atoms with van der Waals surface area (Å²) in [5.41, 5.74) is 1.18. The van der Waals surface area contributed by atoms with Crippen molar-refractivity contribution in [3.8, 4) is 28.6 Å². The van der Waals surface area contributed by atoms with Crippen LogP contribution in [0.15, 0.2) is 46.5 Å². The molecular weight excluding hydrogens is 442 g/mol. The molecule has 0 aliphatic rings. The molecule has 0 aliphatic carbocycles. The van der Waals surface area contributed by atoms with Crippen molar-refractivity contribution in [2.75, 3.05) is 20.8 Å². The molecule has 2 N–H and O–H groups in total. The number of para-hydroxylation sites is 1. The molecule has 0 amide bonds. The van der Waals surface area contributed by atoms with Gasteiger partial charge in [-0.3, -0.25) is 5.10 Å². The second-order valence-corrected chi connectivity index (χ2v) is 7.48. The molecule has 162 valence electrons. The lowest BCUT2D eigenvalue weighted by molar-refractivity contribution is -0.131. The molecule has 0 spiro atoms. The van der Waals surface area contributed by atoms with E-state index in [9.17, 15) is 9.90 Å². The smallest absolute Gasteiger partial charge is 0.342 e. The van der Waals surface area contributed by atoms with Gasteiger partial charge >= 0.3 is 5.97 Å². The van der Waals surface area contributed by atoms with Crippen LogP contribution in [-0.2, 0) is 4.79 Å². The summed E-state index contributed by atoms with van der Waals surface area (Å²) in [5, 5.41) is 17.4. The number of ether oxygens (including phenoxy) is 3. The van der Waals surface area contributed by atoms with Crippen molar-refractivity contribution in [2.45, 2.75) is 12.1 Å². The fraction of sp³-hybridized carbons (Fsp3) is 0.190. The highest BCUT2D eigenvalue weighted by atomic mass is 35.5. The molecule has 1 heterocycles. The second kappa shape index (κ2) is 10.2. The summed E-state index contributed by atoms with van der Waals surface area (Å²) in [6.07, 6.45) is 1.50. The lowest BCUT2D eigenvalue weighted by Crippen LogP contribution is -2.00. The number of aromatic amines is 1. The van der Waals surface area contributed by atoms with Gasteiger partial charge in [-0.2, -0.15) is 0 Å². The van der Waals surface area contributed by atoms with Crippen LogP contribution in [-0.4, -0.2) is 47.1 Å². The van der Waals surface area contributed by atoms with Crippen molar-refractivity contribution >= 4 is 35.4 Å². The number of halogens is 1. The van der Waals surface area contributed by atoms with Crippen LogP contribution in [0.5, 0.6) is 17.2 Å². The topological polar surface area (TPSA) is 107 Å². The van der Waals surface area contributed by atoms with Gasteiger partial charge in [0, 0.05) is 10.6 Å². The van der Waals surface area contributed by atoms with Gasteiger partial charge in [0.1, 0.15) is 10.7 Å². The predicted molar refractivity (Wildman–Crippen MR) is 119 cm³/mol.